The number of aliphatic hydroxyl groups excluding tert-OH is 3. The fourth-order valence-electron chi connectivity index (χ4n) is 2.21. The number of nitrogens with two attached hydrogens (primary N) is 1. The van der Waals surface area contributed by atoms with Crippen LogP contribution in [0.15, 0.2) is 6.33 Å². The maximum Gasteiger partial charge on any atom is 0.139 e. The molecule has 6 N–H and O–H groups in total. The van der Waals surface area contributed by atoms with Gasteiger partial charge >= 0.3 is 0 Å². The molecule has 114 valence electrons. The van der Waals surface area contributed by atoms with E-state index in [1.165, 1.54) is 6.33 Å². The zero-order valence-corrected chi connectivity index (χ0v) is 13.0. The highest BCUT2D eigenvalue weighted by atomic mass is 127. The second kappa shape index (κ2) is 7.00. The smallest absolute Gasteiger partial charge is 0.139 e. The number of rotatable bonds is 6. The van der Waals surface area contributed by atoms with Crippen molar-refractivity contribution >= 4 is 28.4 Å². The molecule has 1 fully saturated rings. The van der Waals surface area contributed by atoms with E-state index in [0.29, 0.717) is 29.0 Å². The lowest BCUT2D eigenvalue weighted by molar-refractivity contribution is -0.0437. The van der Waals surface area contributed by atoms with E-state index >= 15 is 0 Å². The van der Waals surface area contributed by atoms with Crippen molar-refractivity contribution in [2.75, 3.05) is 23.4 Å². The summed E-state index contributed by atoms with van der Waals surface area (Å²) in [5.41, 5.74) is 6.36. The number of anilines is 1. The standard InChI is InChI=1S/C11H19IN4O4/c12-4-14-2-7(19)10-11(13)16(5-15-10)9-1-6(18)8(3-17)20-9/h5-9,14,17-19H,1-4,13H2/t6-,7+,8+,9+/m0/s1. The van der Waals surface area contributed by atoms with Gasteiger partial charge in [0.2, 0.25) is 0 Å². The predicted molar refractivity (Wildman–Crippen MR) is 80.1 cm³/mol. The Morgan fingerprint density at radius 2 is 2.40 bits per heavy atom. The molecule has 0 bridgehead atoms. The van der Waals surface area contributed by atoms with Crippen molar-refractivity contribution < 1.29 is 20.1 Å². The molecule has 1 aromatic heterocycles. The number of imidazole rings is 1. The highest BCUT2D eigenvalue weighted by Crippen LogP contribution is 2.32. The van der Waals surface area contributed by atoms with E-state index < -0.39 is 24.5 Å². The molecule has 9 heteroatoms. The van der Waals surface area contributed by atoms with Gasteiger partial charge in [0.25, 0.3) is 0 Å². The van der Waals surface area contributed by atoms with E-state index in [-0.39, 0.29) is 6.61 Å². The SMILES string of the molecule is Nc1c([C@H](O)CNCI)ncn1[C@H]1C[C@H](O)[C@@H](CO)O1. The van der Waals surface area contributed by atoms with Crippen LogP contribution in [0, 0.1) is 0 Å². The first-order valence-electron chi connectivity index (χ1n) is 6.29. The van der Waals surface area contributed by atoms with E-state index in [4.69, 9.17) is 15.6 Å². The van der Waals surface area contributed by atoms with Gasteiger partial charge in [-0.15, -0.1) is 0 Å². The number of hydrogen-bond acceptors (Lipinski definition) is 7. The molecule has 20 heavy (non-hydrogen) atoms. The summed E-state index contributed by atoms with van der Waals surface area (Å²) < 4.78 is 7.79. The molecule has 0 amide bonds. The molecule has 1 saturated heterocycles. The van der Waals surface area contributed by atoms with Gasteiger partial charge in [-0.3, -0.25) is 4.57 Å². The molecule has 4 atom stereocenters. The third kappa shape index (κ3) is 3.23. The monoisotopic (exact) mass is 398 g/mol. The first kappa shape index (κ1) is 15.9. The van der Waals surface area contributed by atoms with Crippen LogP contribution in [0.3, 0.4) is 0 Å². The Morgan fingerprint density at radius 1 is 1.65 bits per heavy atom. The van der Waals surface area contributed by atoms with Crippen molar-refractivity contribution in [1.29, 1.82) is 0 Å². The zero-order chi connectivity index (χ0) is 14.7. The number of nitrogens with one attached hydrogen (secondary N) is 1. The molecule has 1 aliphatic heterocycles. The molecule has 0 spiro atoms. The normalized spacial score (nSPS) is 27.9. The molecule has 0 radical (unpaired) electrons. The van der Waals surface area contributed by atoms with Crippen molar-refractivity contribution in [1.82, 2.24) is 14.9 Å². The van der Waals surface area contributed by atoms with E-state index in [9.17, 15) is 10.2 Å². The van der Waals surface area contributed by atoms with Gasteiger partial charge in [0.15, 0.2) is 0 Å². The number of nitrogens with zero attached hydrogens (tertiary/aromatic N) is 2. The summed E-state index contributed by atoms with van der Waals surface area (Å²) >= 11 is 2.14. The first-order valence-corrected chi connectivity index (χ1v) is 7.82. The lowest BCUT2D eigenvalue weighted by atomic mass is 10.2. The number of alkyl halides is 1. The Bertz CT molecular complexity index is 444. The lowest BCUT2D eigenvalue weighted by Crippen LogP contribution is -2.24. The minimum Gasteiger partial charge on any atom is -0.394 e. The summed E-state index contributed by atoms with van der Waals surface area (Å²) in [7, 11) is 0. The molecular formula is C11H19IN4O4. The maximum atomic E-state index is 9.99. The van der Waals surface area contributed by atoms with Crippen LogP contribution in [-0.2, 0) is 4.74 Å². The van der Waals surface area contributed by atoms with Crippen LogP contribution in [-0.4, -0.2) is 54.8 Å². The van der Waals surface area contributed by atoms with Crippen LogP contribution in [0.25, 0.3) is 0 Å². The van der Waals surface area contributed by atoms with Crippen LogP contribution in [0.4, 0.5) is 5.82 Å². The van der Waals surface area contributed by atoms with Crippen LogP contribution in [0.2, 0.25) is 0 Å². The quantitative estimate of drug-likeness (QED) is 0.239. The molecule has 1 aromatic rings. The number of nitrogen functional groups attached to an aromatic ring is 1. The van der Waals surface area contributed by atoms with Crippen molar-refractivity contribution in [3.63, 3.8) is 0 Å². The Hall–Kier alpha value is -0.460. The number of aromatic nitrogens is 2. The Morgan fingerprint density at radius 3 is 3.00 bits per heavy atom. The van der Waals surface area contributed by atoms with Gasteiger partial charge in [-0.1, -0.05) is 22.6 Å². The van der Waals surface area contributed by atoms with E-state index in [1.807, 2.05) is 0 Å². The summed E-state index contributed by atoms with van der Waals surface area (Å²) in [5.74, 6) is 0.309. The Labute approximate surface area is 130 Å². The molecule has 0 aromatic carbocycles. The van der Waals surface area contributed by atoms with Gasteiger partial charge in [0, 0.05) is 17.5 Å². The summed E-state index contributed by atoms with van der Waals surface area (Å²) in [6.45, 7) is 0.110. The topological polar surface area (TPSA) is 126 Å². The number of ether oxygens (including phenoxy) is 1. The van der Waals surface area contributed by atoms with E-state index in [1.54, 1.807) is 4.57 Å². The van der Waals surface area contributed by atoms with Crippen LogP contribution in [0.5, 0.6) is 0 Å². The summed E-state index contributed by atoms with van der Waals surface area (Å²) in [6.07, 6.45) is -0.821. The third-order valence-corrected chi connectivity index (χ3v) is 3.84. The van der Waals surface area contributed by atoms with Crippen LogP contribution in [0.1, 0.15) is 24.4 Å². The second-order valence-corrected chi connectivity index (χ2v) is 5.40. The fraction of sp³-hybridized carbons (Fsp3) is 0.727. The van der Waals surface area contributed by atoms with Crippen molar-refractivity contribution in [2.45, 2.75) is 31.0 Å². The van der Waals surface area contributed by atoms with Gasteiger partial charge in [-0.05, 0) is 0 Å². The lowest BCUT2D eigenvalue weighted by Gasteiger charge is -2.15. The van der Waals surface area contributed by atoms with Gasteiger partial charge in [0.1, 0.15) is 29.9 Å². The van der Waals surface area contributed by atoms with Gasteiger partial charge in [0.05, 0.1) is 19.0 Å². The number of hydrogen-bond donors (Lipinski definition) is 5. The van der Waals surface area contributed by atoms with Gasteiger partial charge in [-0.2, -0.15) is 0 Å². The molecule has 2 rings (SSSR count). The average Bonchev–Trinajstić information content (AvgIpc) is 2.99. The molecule has 1 aliphatic rings. The highest BCUT2D eigenvalue weighted by Gasteiger charge is 2.35. The number of halogens is 1. The maximum absolute atomic E-state index is 9.99. The van der Waals surface area contributed by atoms with E-state index in [0.717, 1.165) is 0 Å². The van der Waals surface area contributed by atoms with Crippen molar-refractivity contribution in [2.24, 2.45) is 0 Å². The molecule has 0 saturated carbocycles. The zero-order valence-electron chi connectivity index (χ0n) is 10.8. The minimum atomic E-state index is -0.800. The van der Waals surface area contributed by atoms with Crippen molar-refractivity contribution in [3.8, 4) is 0 Å². The van der Waals surface area contributed by atoms with Gasteiger partial charge < -0.3 is 31.1 Å². The van der Waals surface area contributed by atoms with Crippen LogP contribution < -0.4 is 11.1 Å². The molecule has 0 aliphatic carbocycles. The minimum absolute atomic E-state index is 0.249. The molecular weight excluding hydrogens is 379 g/mol. The third-order valence-electron chi connectivity index (χ3n) is 3.30. The molecule has 2 heterocycles. The Balaban J connectivity index is 2.09. The highest BCUT2D eigenvalue weighted by molar-refractivity contribution is 14.1. The van der Waals surface area contributed by atoms with Gasteiger partial charge in [-0.25, -0.2) is 4.98 Å². The Kier molecular flexibility index (Phi) is 5.57. The molecule has 8 nitrogen and oxygen atoms in total. The predicted octanol–water partition coefficient (Wildman–Crippen LogP) is -0.879. The fourth-order valence-corrected chi connectivity index (χ4v) is 2.52. The summed E-state index contributed by atoms with van der Waals surface area (Å²) in [4.78, 5) is 4.11. The van der Waals surface area contributed by atoms with Crippen molar-refractivity contribution in [3.05, 3.63) is 12.0 Å². The summed E-state index contributed by atoms with van der Waals surface area (Å²) in [5, 5.41) is 31.8. The first-order chi connectivity index (χ1) is 9.58. The second-order valence-electron chi connectivity index (χ2n) is 4.64. The molecule has 0 unspecified atom stereocenters. The average molecular weight is 398 g/mol. The largest absolute Gasteiger partial charge is 0.394 e. The van der Waals surface area contributed by atoms with E-state index in [2.05, 4.69) is 32.9 Å². The number of aliphatic hydroxyl groups is 3. The summed E-state index contributed by atoms with van der Waals surface area (Å²) in [6, 6.07) is 0. The van der Waals surface area contributed by atoms with Crippen LogP contribution >= 0.6 is 22.6 Å².